The minimum atomic E-state index is 0.294. The van der Waals surface area contributed by atoms with E-state index in [9.17, 15) is 0 Å². The van der Waals surface area contributed by atoms with Crippen molar-refractivity contribution in [1.82, 2.24) is 4.90 Å². The van der Waals surface area contributed by atoms with Crippen molar-refractivity contribution in [2.24, 2.45) is 0 Å². The fourth-order valence-corrected chi connectivity index (χ4v) is 3.13. The predicted octanol–water partition coefficient (Wildman–Crippen LogP) is 3.78. The molecule has 1 atom stereocenters. The number of hydrogen-bond acceptors (Lipinski definition) is 4. The molecule has 1 aromatic heterocycles. The highest BCUT2D eigenvalue weighted by atomic mass is 16.5. The van der Waals surface area contributed by atoms with Gasteiger partial charge in [0.25, 0.3) is 0 Å². The molecule has 0 aliphatic carbocycles. The highest BCUT2D eigenvalue weighted by molar-refractivity contribution is 5.27. The van der Waals surface area contributed by atoms with E-state index in [1.54, 1.807) is 0 Å². The Labute approximate surface area is 149 Å². The molecule has 0 amide bonds. The molecule has 3 rings (SSSR count). The quantitative estimate of drug-likeness (QED) is 0.686. The number of nitrogens with zero attached hydrogens (tertiary/aromatic N) is 1. The molecule has 1 fully saturated rings. The van der Waals surface area contributed by atoms with Gasteiger partial charge in [-0.15, -0.1) is 6.42 Å². The second-order valence-electron chi connectivity index (χ2n) is 6.45. The zero-order valence-corrected chi connectivity index (χ0v) is 14.7. The zero-order chi connectivity index (χ0) is 17.5. The van der Waals surface area contributed by atoms with Crippen molar-refractivity contribution >= 4 is 0 Å². The summed E-state index contributed by atoms with van der Waals surface area (Å²) in [6.45, 7) is 5.68. The molecule has 1 aliphatic rings. The molecule has 4 heteroatoms. The zero-order valence-electron chi connectivity index (χ0n) is 14.7. The van der Waals surface area contributed by atoms with Crippen LogP contribution in [0.15, 0.2) is 40.8 Å². The first-order valence-corrected chi connectivity index (χ1v) is 8.77. The molecular weight excluding hydrogens is 314 g/mol. The summed E-state index contributed by atoms with van der Waals surface area (Å²) in [5.74, 6) is 5.21. The summed E-state index contributed by atoms with van der Waals surface area (Å²) in [6, 6.07) is 12.2. The van der Waals surface area contributed by atoms with Crippen molar-refractivity contribution in [1.29, 1.82) is 0 Å². The van der Waals surface area contributed by atoms with Gasteiger partial charge in [-0.2, -0.15) is 0 Å². The lowest BCUT2D eigenvalue weighted by Gasteiger charge is -2.24. The van der Waals surface area contributed by atoms with E-state index in [1.807, 2.05) is 25.1 Å². The first-order chi connectivity index (χ1) is 12.2. The number of aryl methyl sites for hydroxylation is 1. The Balaban J connectivity index is 1.64. The van der Waals surface area contributed by atoms with Crippen molar-refractivity contribution in [2.45, 2.75) is 39.0 Å². The van der Waals surface area contributed by atoms with E-state index in [2.05, 4.69) is 29.0 Å². The molecule has 1 aliphatic heterocycles. The van der Waals surface area contributed by atoms with E-state index in [1.165, 1.54) is 5.56 Å². The molecule has 0 radical (unpaired) electrons. The van der Waals surface area contributed by atoms with Crippen LogP contribution in [0.4, 0.5) is 0 Å². The van der Waals surface area contributed by atoms with E-state index >= 15 is 0 Å². The van der Waals surface area contributed by atoms with Crippen LogP contribution < -0.4 is 4.74 Å². The molecule has 2 aromatic rings. The molecule has 0 N–H and O–H groups in total. The lowest BCUT2D eigenvalue weighted by atomic mass is 10.1. The highest BCUT2D eigenvalue weighted by Gasteiger charge is 2.20. The van der Waals surface area contributed by atoms with Crippen LogP contribution in [-0.2, 0) is 17.8 Å². The average Bonchev–Trinajstić information content (AvgIpc) is 3.26. The molecule has 2 heterocycles. The van der Waals surface area contributed by atoms with Crippen LogP contribution in [0.25, 0.3) is 0 Å². The van der Waals surface area contributed by atoms with Gasteiger partial charge in [-0.05, 0) is 49.6 Å². The van der Waals surface area contributed by atoms with Crippen LogP contribution >= 0.6 is 0 Å². The Kier molecular flexibility index (Phi) is 6.16. The number of furan rings is 1. The lowest BCUT2D eigenvalue weighted by molar-refractivity contribution is 0.0654. The Bertz CT molecular complexity index is 693. The van der Waals surface area contributed by atoms with Gasteiger partial charge >= 0.3 is 0 Å². The molecule has 0 spiro atoms. The summed E-state index contributed by atoms with van der Waals surface area (Å²) in [6.07, 6.45) is 7.82. The van der Waals surface area contributed by atoms with Crippen molar-refractivity contribution in [2.75, 3.05) is 19.8 Å². The van der Waals surface area contributed by atoms with Gasteiger partial charge in [-0.1, -0.05) is 18.1 Å². The molecule has 1 unspecified atom stereocenters. The third-order valence-corrected chi connectivity index (χ3v) is 4.31. The van der Waals surface area contributed by atoms with Gasteiger partial charge in [0.1, 0.15) is 23.9 Å². The number of terminal acetylenes is 1. The van der Waals surface area contributed by atoms with Crippen LogP contribution in [-0.4, -0.2) is 30.8 Å². The van der Waals surface area contributed by atoms with Gasteiger partial charge in [0.2, 0.25) is 0 Å². The fourth-order valence-electron chi connectivity index (χ4n) is 3.13. The molecule has 0 saturated carbocycles. The van der Waals surface area contributed by atoms with Crippen molar-refractivity contribution in [3.05, 3.63) is 53.5 Å². The van der Waals surface area contributed by atoms with Gasteiger partial charge in [0, 0.05) is 19.7 Å². The summed E-state index contributed by atoms with van der Waals surface area (Å²) < 4.78 is 17.0. The summed E-state index contributed by atoms with van der Waals surface area (Å²) >= 11 is 0. The first-order valence-electron chi connectivity index (χ1n) is 8.77. The average molecular weight is 339 g/mol. The summed E-state index contributed by atoms with van der Waals surface area (Å²) in [4.78, 5) is 2.38. The molecule has 0 bridgehead atoms. The molecule has 1 aromatic carbocycles. The maximum atomic E-state index is 5.82. The van der Waals surface area contributed by atoms with Crippen LogP contribution in [0.5, 0.6) is 5.75 Å². The Hall–Kier alpha value is -2.22. The molecule has 4 nitrogen and oxygen atoms in total. The normalized spacial score (nSPS) is 16.9. The fraction of sp³-hybridized carbons (Fsp3) is 0.429. The Morgan fingerprint density at radius 3 is 2.68 bits per heavy atom. The molecule has 1 saturated heterocycles. The van der Waals surface area contributed by atoms with Crippen molar-refractivity contribution in [3.8, 4) is 18.1 Å². The monoisotopic (exact) mass is 339 g/mol. The number of ether oxygens (including phenoxy) is 2. The lowest BCUT2D eigenvalue weighted by Crippen LogP contribution is -2.31. The predicted molar refractivity (Wildman–Crippen MR) is 97.3 cm³/mol. The van der Waals surface area contributed by atoms with Crippen LogP contribution in [0.2, 0.25) is 0 Å². The topological polar surface area (TPSA) is 34.8 Å². The van der Waals surface area contributed by atoms with E-state index in [0.717, 1.165) is 56.4 Å². The second-order valence-corrected chi connectivity index (χ2v) is 6.45. The van der Waals surface area contributed by atoms with E-state index in [4.69, 9.17) is 20.3 Å². The maximum absolute atomic E-state index is 5.82. The van der Waals surface area contributed by atoms with Gasteiger partial charge < -0.3 is 13.9 Å². The Morgan fingerprint density at radius 1 is 1.20 bits per heavy atom. The molecule has 132 valence electrons. The molecule has 25 heavy (non-hydrogen) atoms. The van der Waals surface area contributed by atoms with Crippen LogP contribution in [0.1, 0.15) is 29.9 Å². The third kappa shape index (κ3) is 5.38. The molecular formula is C21H25NO3. The van der Waals surface area contributed by atoms with Gasteiger partial charge in [0.15, 0.2) is 0 Å². The second kappa shape index (κ2) is 8.75. The summed E-state index contributed by atoms with van der Waals surface area (Å²) in [7, 11) is 0. The maximum Gasteiger partial charge on any atom is 0.148 e. The standard InChI is InChI=1S/C21H25NO3/c1-3-12-23-19-10-7-18(8-11-19)14-22(15-20-5-4-13-24-20)16-21-9-6-17(2)25-21/h1,6-11,20H,4-5,12-16H2,2H3. The number of benzene rings is 1. The van der Waals surface area contributed by atoms with Crippen LogP contribution in [0.3, 0.4) is 0 Å². The number of hydrogen-bond donors (Lipinski definition) is 0. The van der Waals surface area contributed by atoms with Crippen LogP contribution in [0, 0.1) is 19.3 Å². The third-order valence-electron chi connectivity index (χ3n) is 4.31. The van der Waals surface area contributed by atoms with Crippen molar-refractivity contribution in [3.63, 3.8) is 0 Å². The smallest absolute Gasteiger partial charge is 0.148 e. The number of rotatable bonds is 8. The van der Waals surface area contributed by atoms with E-state index in [0.29, 0.717) is 12.7 Å². The van der Waals surface area contributed by atoms with Gasteiger partial charge in [0.05, 0.1) is 12.6 Å². The van der Waals surface area contributed by atoms with Gasteiger partial charge in [-0.25, -0.2) is 0 Å². The minimum absolute atomic E-state index is 0.294. The summed E-state index contributed by atoms with van der Waals surface area (Å²) in [5, 5.41) is 0. The minimum Gasteiger partial charge on any atom is -0.481 e. The Morgan fingerprint density at radius 2 is 2.04 bits per heavy atom. The van der Waals surface area contributed by atoms with Crippen molar-refractivity contribution < 1.29 is 13.9 Å². The SMILES string of the molecule is C#CCOc1ccc(CN(Cc2ccc(C)o2)CC2CCCO2)cc1. The van der Waals surface area contributed by atoms with Gasteiger partial charge in [-0.3, -0.25) is 4.90 Å². The summed E-state index contributed by atoms with van der Waals surface area (Å²) in [5.41, 5.74) is 1.23. The largest absolute Gasteiger partial charge is 0.481 e. The highest BCUT2D eigenvalue weighted by Crippen LogP contribution is 2.19. The van der Waals surface area contributed by atoms with E-state index < -0.39 is 0 Å². The van der Waals surface area contributed by atoms with E-state index in [-0.39, 0.29) is 0 Å². The first kappa shape index (κ1) is 17.6.